The van der Waals surface area contributed by atoms with Gasteiger partial charge in [-0.05, 0) is 60.7 Å². The number of hydrogen-bond donors (Lipinski definition) is 1. The highest BCUT2D eigenvalue weighted by Crippen LogP contribution is 2.43. The van der Waals surface area contributed by atoms with Gasteiger partial charge in [0.25, 0.3) is 5.79 Å². The summed E-state index contributed by atoms with van der Waals surface area (Å²) in [5.41, 5.74) is 2.01. The molecule has 2 unspecified atom stereocenters. The maximum Gasteiger partial charge on any atom is 0.280 e. The molecule has 2 aromatic carbocycles. The lowest BCUT2D eigenvalue weighted by Crippen LogP contribution is -2.51. The standard InChI is InChI=1S/C25H26FN3O2S/c1-17(2)24(3,26)25(30-4)15-21(29-31-25)20-10-5-8-18(14-20)16-28-32-22-12-6-9-19-11-7-13-27-23(19)22/h5-14,28H,1,15-16H2,2-4H3. The fourth-order valence-electron chi connectivity index (χ4n) is 3.66. The lowest BCUT2D eigenvalue weighted by atomic mass is 9.86. The highest BCUT2D eigenvalue weighted by atomic mass is 32.2. The first kappa shape index (κ1) is 22.5. The Labute approximate surface area is 191 Å². The molecule has 0 saturated carbocycles. The second-order valence-corrected chi connectivity index (χ2v) is 8.93. The van der Waals surface area contributed by atoms with Crippen molar-refractivity contribution < 1.29 is 14.0 Å². The van der Waals surface area contributed by atoms with Crippen molar-refractivity contribution >= 4 is 28.6 Å². The SMILES string of the molecule is C=C(C)C(C)(F)C1(OC)CC(c2cccc(CNSc3cccc4cccnc34)c2)=NO1. The van der Waals surface area contributed by atoms with E-state index in [1.807, 2.05) is 42.5 Å². The van der Waals surface area contributed by atoms with Crippen LogP contribution in [0.25, 0.3) is 10.9 Å². The number of aromatic nitrogens is 1. The largest absolute Gasteiger partial charge is 0.356 e. The van der Waals surface area contributed by atoms with Gasteiger partial charge in [-0.25, -0.2) is 4.39 Å². The third kappa shape index (κ3) is 4.16. The molecule has 4 rings (SSSR count). The normalized spacial score (nSPS) is 19.9. The summed E-state index contributed by atoms with van der Waals surface area (Å²) in [4.78, 5) is 11.1. The summed E-state index contributed by atoms with van der Waals surface area (Å²) in [6.45, 7) is 7.43. The third-order valence-corrected chi connectivity index (χ3v) is 6.70. The van der Waals surface area contributed by atoms with Crippen LogP contribution in [0.5, 0.6) is 0 Å². The minimum Gasteiger partial charge on any atom is -0.356 e. The molecule has 2 heterocycles. The van der Waals surface area contributed by atoms with E-state index in [9.17, 15) is 0 Å². The van der Waals surface area contributed by atoms with Gasteiger partial charge in [0, 0.05) is 30.1 Å². The number of halogens is 1. The summed E-state index contributed by atoms with van der Waals surface area (Å²) in [7, 11) is 1.43. The second kappa shape index (κ2) is 9.02. The molecule has 1 N–H and O–H groups in total. The van der Waals surface area contributed by atoms with Gasteiger partial charge in [0.05, 0.1) is 17.6 Å². The van der Waals surface area contributed by atoms with Gasteiger partial charge < -0.3 is 9.57 Å². The van der Waals surface area contributed by atoms with Crippen molar-refractivity contribution in [3.63, 3.8) is 0 Å². The van der Waals surface area contributed by atoms with Crippen LogP contribution < -0.4 is 4.72 Å². The van der Waals surface area contributed by atoms with E-state index < -0.39 is 11.5 Å². The van der Waals surface area contributed by atoms with Gasteiger partial charge in [-0.2, -0.15) is 0 Å². The Morgan fingerprint density at radius 3 is 2.84 bits per heavy atom. The van der Waals surface area contributed by atoms with E-state index in [2.05, 4.69) is 33.6 Å². The molecule has 32 heavy (non-hydrogen) atoms. The number of hydrogen-bond acceptors (Lipinski definition) is 6. The molecule has 0 amide bonds. The van der Waals surface area contributed by atoms with Gasteiger partial charge in [-0.3, -0.25) is 9.71 Å². The van der Waals surface area contributed by atoms with Crippen molar-refractivity contribution in [3.05, 3.63) is 84.1 Å². The topological polar surface area (TPSA) is 55.7 Å². The van der Waals surface area contributed by atoms with E-state index in [0.29, 0.717) is 17.8 Å². The number of ether oxygens (including phenoxy) is 1. The van der Waals surface area contributed by atoms with Gasteiger partial charge in [0.15, 0.2) is 5.67 Å². The molecular formula is C25H26FN3O2S. The van der Waals surface area contributed by atoms with E-state index in [1.54, 1.807) is 25.1 Å². The van der Waals surface area contributed by atoms with Crippen LogP contribution in [0, 0.1) is 0 Å². The molecule has 2 atom stereocenters. The van der Waals surface area contributed by atoms with Gasteiger partial charge >= 0.3 is 0 Å². The number of methoxy groups -OCH3 is 1. The third-order valence-electron chi connectivity index (χ3n) is 5.86. The number of benzene rings is 2. The summed E-state index contributed by atoms with van der Waals surface area (Å²) in [5, 5.41) is 5.27. The number of para-hydroxylation sites is 1. The molecule has 0 fully saturated rings. The van der Waals surface area contributed by atoms with E-state index >= 15 is 4.39 Å². The molecule has 0 spiro atoms. The van der Waals surface area contributed by atoms with Crippen LogP contribution in [0.1, 0.15) is 31.4 Å². The molecule has 1 aliphatic rings. The van der Waals surface area contributed by atoms with Crippen LogP contribution in [-0.2, 0) is 16.1 Å². The summed E-state index contributed by atoms with van der Waals surface area (Å²) in [6.07, 6.45) is 1.99. The predicted octanol–water partition coefficient (Wildman–Crippen LogP) is 5.80. The number of fused-ring (bicyclic) bond motifs is 1. The summed E-state index contributed by atoms with van der Waals surface area (Å²) in [5.74, 6) is -1.51. The van der Waals surface area contributed by atoms with Gasteiger partial charge in [0.1, 0.15) is 0 Å². The molecule has 166 valence electrons. The van der Waals surface area contributed by atoms with Crippen LogP contribution in [0.15, 0.2) is 83.0 Å². The molecule has 7 heteroatoms. The lowest BCUT2D eigenvalue weighted by Gasteiger charge is -2.36. The van der Waals surface area contributed by atoms with Crippen molar-refractivity contribution in [2.75, 3.05) is 7.11 Å². The van der Waals surface area contributed by atoms with Crippen molar-refractivity contribution in [1.82, 2.24) is 9.71 Å². The van der Waals surface area contributed by atoms with Gasteiger partial charge in [-0.1, -0.05) is 48.1 Å². The molecular weight excluding hydrogens is 425 g/mol. The molecule has 3 aromatic rings. The number of alkyl halides is 1. The van der Waals surface area contributed by atoms with Crippen LogP contribution in [0.4, 0.5) is 4.39 Å². The second-order valence-electron chi connectivity index (χ2n) is 8.00. The zero-order valence-corrected chi connectivity index (χ0v) is 19.2. The minimum absolute atomic E-state index is 0.191. The van der Waals surface area contributed by atoms with Gasteiger partial charge in [0.2, 0.25) is 0 Å². The van der Waals surface area contributed by atoms with E-state index in [4.69, 9.17) is 9.57 Å². The van der Waals surface area contributed by atoms with E-state index in [-0.39, 0.29) is 6.42 Å². The van der Waals surface area contributed by atoms with Crippen molar-refractivity contribution in [2.24, 2.45) is 5.16 Å². The Morgan fingerprint density at radius 2 is 2.06 bits per heavy atom. The number of nitrogens with one attached hydrogen (secondary N) is 1. The molecule has 5 nitrogen and oxygen atoms in total. The maximum absolute atomic E-state index is 15.3. The first-order chi connectivity index (χ1) is 15.4. The Bertz CT molecular complexity index is 1180. The van der Waals surface area contributed by atoms with Crippen molar-refractivity contribution in [1.29, 1.82) is 0 Å². The Hall–Kier alpha value is -2.74. The number of nitrogens with zero attached hydrogens (tertiary/aromatic N) is 2. The predicted molar refractivity (Wildman–Crippen MR) is 127 cm³/mol. The Morgan fingerprint density at radius 1 is 1.28 bits per heavy atom. The van der Waals surface area contributed by atoms with Crippen LogP contribution >= 0.6 is 11.9 Å². The highest BCUT2D eigenvalue weighted by Gasteiger charge is 2.57. The Kier molecular flexibility index (Phi) is 6.33. The zero-order chi connectivity index (χ0) is 22.8. The fraction of sp³-hybridized carbons (Fsp3) is 0.280. The molecule has 0 radical (unpaired) electrons. The lowest BCUT2D eigenvalue weighted by molar-refractivity contribution is -0.263. The molecule has 0 bridgehead atoms. The molecule has 0 aliphatic carbocycles. The zero-order valence-electron chi connectivity index (χ0n) is 18.4. The monoisotopic (exact) mass is 451 g/mol. The van der Waals surface area contributed by atoms with Gasteiger partial charge in [-0.15, -0.1) is 0 Å². The summed E-state index contributed by atoms with van der Waals surface area (Å²) in [6, 6.07) is 18.1. The van der Waals surface area contributed by atoms with E-state index in [0.717, 1.165) is 26.9 Å². The quantitative estimate of drug-likeness (QED) is 0.346. The maximum atomic E-state index is 15.3. The minimum atomic E-state index is -1.88. The molecule has 1 aromatic heterocycles. The average Bonchev–Trinajstić information content (AvgIpc) is 3.26. The molecule has 0 saturated heterocycles. The number of pyridine rings is 1. The van der Waals surface area contributed by atoms with E-state index in [1.165, 1.54) is 14.0 Å². The van der Waals surface area contributed by atoms with Crippen molar-refractivity contribution in [3.8, 4) is 0 Å². The highest BCUT2D eigenvalue weighted by molar-refractivity contribution is 7.97. The first-order valence-electron chi connectivity index (χ1n) is 10.3. The first-order valence-corrected chi connectivity index (χ1v) is 11.2. The van der Waals surface area contributed by atoms with Crippen LogP contribution in [-0.4, -0.2) is 29.3 Å². The summed E-state index contributed by atoms with van der Waals surface area (Å²) < 4.78 is 24.2. The number of rotatable bonds is 8. The number of oxime groups is 1. The van der Waals surface area contributed by atoms with Crippen LogP contribution in [0.2, 0.25) is 0 Å². The fourth-order valence-corrected chi connectivity index (χ4v) is 4.47. The Balaban J connectivity index is 1.45. The smallest absolute Gasteiger partial charge is 0.280 e. The van der Waals surface area contributed by atoms with Crippen LogP contribution in [0.3, 0.4) is 0 Å². The van der Waals surface area contributed by atoms with Crippen molar-refractivity contribution in [2.45, 2.75) is 43.2 Å². The average molecular weight is 452 g/mol. The summed E-state index contributed by atoms with van der Waals surface area (Å²) >= 11 is 1.55. The molecule has 1 aliphatic heterocycles.